The van der Waals surface area contributed by atoms with Crippen molar-refractivity contribution < 1.29 is 14.3 Å². The van der Waals surface area contributed by atoms with Crippen LogP contribution in [0, 0.1) is 6.92 Å². The maximum absolute atomic E-state index is 14.0. The van der Waals surface area contributed by atoms with Gasteiger partial charge < -0.3 is 20.1 Å². The number of methoxy groups -OCH3 is 1. The van der Waals surface area contributed by atoms with Crippen molar-refractivity contribution in [1.29, 1.82) is 0 Å². The Labute approximate surface area is 271 Å². The molecular weight excluding hydrogens is 606 g/mol. The molecule has 2 heterocycles. The highest BCUT2D eigenvalue weighted by atomic mass is 35.5. The molecule has 0 saturated heterocycles. The zero-order chi connectivity index (χ0) is 31.3. The van der Waals surface area contributed by atoms with E-state index in [4.69, 9.17) is 31.2 Å². The molecule has 8 nitrogen and oxygen atoms in total. The Kier molecular flexibility index (Phi) is 9.09. The van der Waals surface area contributed by atoms with Gasteiger partial charge in [0.25, 0.3) is 5.91 Å². The maximum Gasteiger partial charge on any atom is 0.255 e. The van der Waals surface area contributed by atoms with E-state index in [1.54, 1.807) is 17.9 Å². The average Bonchev–Trinajstić information content (AvgIpc) is 3.45. The highest BCUT2D eigenvalue weighted by Gasteiger charge is 2.34. The molecule has 10 heteroatoms. The quantitative estimate of drug-likeness (QED) is 0.150. The van der Waals surface area contributed by atoms with Gasteiger partial charge in [-0.15, -0.1) is 5.10 Å². The molecule has 0 spiro atoms. The number of carbonyl (C=O) groups excluding carboxylic acids is 1. The smallest absolute Gasteiger partial charge is 0.255 e. The number of nitrogens with zero attached hydrogens (tertiary/aromatic N) is 3. The Morgan fingerprint density at radius 2 is 1.78 bits per heavy atom. The third kappa shape index (κ3) is 6.84. The lowest BCUT2D eigenvalue weighted by Crippen LogP contribution is -2.31. The lowest BCUT2D eigenvalue weighted by molar-refractivity contribution is -0.113. The van der Waals surface area contributed by atoms with Crippen LogP contribution < -0.4 is 20.1 Å². The van der Waals surface area contributed by atoms with Gasteiger partial charge in [0.1, 0.15) is 24.1 Å². The maximum atomic E-state index is 14.0. The molecule has 228 valence electrons. The molecule has 5 aromatic rings. The standard InChI is InChI=1S/C35H32ClN5O3S/c1-22-9-8-10-24(19-22)20-44-27-17-15-25(16-18-27)32-31(33(42)38-29-13-6-7-14-30(29)43-3)23(2)37-34-39-35(40-41(32)34)45-21-26-11-4-5-12-28(26)36/h4-19,32H,20-21H2,1-3H3,(H,38,42)(H,37,39,40). The van der Waals surface area contributed by atoms with Gasteiger partial charge in [0.2, 0.25) is 11.1 Å². The Hall–Kier alpha value is -4.73. The lowest BCUT2D eigenvalue weighted by atomic mass is 9.95. The number of amides is 1. The molecule has 1 unspecified atom stereocenters. The van der Waals surface area contributed by atoms with Crippen LogP contribution in [0.1, 0.15) is 35.2 Å². The number of thioether (sulfide) groups is 1. The summed E-state index contributed by atoms with van der Waals surface area (Å²) in [6, 6.07) is 30.5. The summed E-state index contributed by atoms with van der Waals surface area (Å²) in [7, 11) is 1.58. The SMILES string of the molecule is COc1ccccc1NC(=O)C1=C(C)Nc2nc(SCc3ccccc3Cl)nn2C1c1ccc(OCc2cccc(C)c2)cc1. The van der Waals surface area contributed by atoms with Gasteiger partial charge in [0.15, 0.2) is 0 Å². The van der Waals surface area contributed by atoms with Crippen molar-refractivity contribution in [2.75, 3.05) is 17.7 Å². The molecule has 1 aromatic heterocycles. The topological polar surface area (TPSA) is 90.3 Å². The summed E-state index contributed by atoms with van der Waals surface area (Å²) in [5, 5.41) is 12.5. The third-order valence-electron chi connectivity index (χ3n) is 7.43. The van der Waals surface area contributed by atoms with E-state index in [-0.39, 0.29) is 5.91 Å². The second kappa shape index (κ2) is 13.5. The Bertz CT molecular complexity index is 1870. The number of nitrogens with one attached hydrogen (secondary N) is 2. The second-order valence-corrected chi connectivity index (χ2v) is 12.0. The number of fused-ring (bicyclic) bond motifs is 1. The number of allylic oxidation sites excluding steroid dienone is 1. The van der Waals surface area contributed by atoms with Gasteiger partial charge in [-0.25, -0.2) is 4.68 Å². The van der Waals surface area contributed by atoms with Crippen LogP contribution in [0.5, 0.6) is 11.5 Å². The van der Waals surface area contributed by atoms with Crippen LogP contribution in [0.25, 0.3) is 0 Å². The largest absolute Gasteiger partial charge is 0.495 e. The third-order valence-corrected chi connectivity index (χ3v) is 8.69. The zero-order valence-corrected chi connectivity index (χ0v) is 26.7. The van der Waals surface area contributed by atoms with Crippen LogP contribution in [-0.2, 0) is 17.2 Å². The van der Waals surface area contributed by atoms with Gasteiger partial charge >= 0.3 is 0 Å². The zero-order valence-electron chi connectivity index (χ0n) is 25.1. The number of carbonyl (C=O) groups is 1. The minimum absolute atomic E-state index is 0.277. The number of hydrogen-bond donors (Lipinski definition) is 2. The first kappa shape index (κ1) is 30.3. The number of hydrogen-bond acceptors (Lipinski definition) is 7. The number of para-hydroxylation sites is 2. The van der Waals surface area contributed by atoms with E-state index in [1.165, 1.54) is 17.3 Å². The van der Waals surface area contributed by atoms with Gasteiger partial charge in [0.05, 0.1) is 18.4 Å². The van der Waals surface area contributed by atoms with E-state index in [9.17, 15) is 4.79 Å². The number of halogens is 1. The van der Waals surface area contributed by atoms with Crippen LogP contribution in [0.15, 0.2) is 113 Å². The number of rotatable bonds is 10. The van der Waals surface area contributed by atoms with E-state index < -0.39 is 6.04 Å². The summed E-state index contributed by atoms with van der Waals surface area (Å²) < 4.78 is 13.3. The van der Waals surface area contributed by atoms with Gasteiger partial charge in [-0.2, -0.15) is 4.98 Å². The van der Waals surface area contributed by atoms with Crippen LogP contribution in [0.4, 0.5) is 11.6 Å². The summed E-state index contributed by atoms with van der Waals surface area (Å²) >= 11 is 7.87. The fourth-order valence-electron chi connectivity index (χ4n) is 5.21. The summed E-state index contributed by atoms with van der Waals surface area (Å²) in [6.07, 6.45) is 0. The molecule has 1 aliphatic heterocycles. The summed E-state index contributed by atoms with van der Waals surface area (Å²) in [6.45, 7) is 4.39. The van der Waals surface area contributed by atoms with Crippen LogP contribution in [0.3, 0.4) is 0 Å². The predicted octanol–water partition coefficient (Wildman–Crippen LogP) is 8.05. The first-order valence-corrected chi connectivity index (χ1v) is 15.8. The molecule has 0 aliphatic carbocycles. The van der Waals surface area contributed by atoms with Gasteiger partial charge in [0, 0.05) is 16.5 Å². The Balaban J connectivity index is 1.31. The van der Waals surface area contributed by atoms with E-state index in [0.717, 1.165) is 22.4 Å². The summed E-state index contributed by atoms with van der Waals surface area (Å²) in [5.41, 5.74) is 5.90. The van der Waals surface area contributed by atoms with Crippen molar-refractivity contribution in [2.24, 2.45) is 0 Å². The van der Waals surface area contributed by atoms with E-state index >= 15 is 0 Å². The van der Waals surface area contributed by atoms with E-state index in [2.05, 4.69) is 29.7 Å². The molecular formula is C35H32ClN5O3S. The summed E-state index contributed by atoms with van der Waals surface area (Å²) in [4.78, 5) is 18.7. The van der Waals surface area contributed by atoms with Crippen LogP contribution in [0.2, 0.25) is 5.02 Å². The van der Waals surface area contributed by atoms with Gasteiger partial charge in [-0.05, 0) is 60.9 Å². The molecule has 4 aromatic carbocycles. The van der Waals surface area contributed by atoms with Crippen molar-refractivity contribution in [2.45, 2.75) is 37.4 Å². The van der Waals surface area contributed by atoms with Crippen LogP contribution in [-0.4, -0.2) is 27.8 Å². The van der Waals surface area contributed by atoms with Crippen molar-refractivity contribution in [1.82, 2.24) is 14.8 Å². The minimum Gasteiger partial charge on any atom is -0.495 e. The molecule has 2 N–H and O–H groups in total. The fraction of sp³-hybridized carbons (Fsp3) is 0.171. The molecule has 6 rings (SSSR count). The highest BCUT2D eigenvalue weighted by molar-refractivity contribution is 7.98. The average molecular weight is 638 g/mol. The van der Waals surface area contributed by atoms with Gasteiger partial charge in [-0.3, -0.25) is 4.79 Å². The number of ether oxygens (including phenoxy) is 2. The van der Waals surface area contributed by atoms with E-state index in [0.29, 0.717) is 51.2 Å². The molecule has 0 fully saturated rings. The molecule has 0 radical (unpaired) electrons. The summed E-state index contributed by atoms with van der Waals surface area (Å²) in [5.74, 6) is 2.17. The van der Waals surface area contributed by atoms with Crippen LogP contribution >= 0.6 is 23.4 Å². The highest BCUT2D eigenvalue weighted by Crippen LogP contribution is 2.38. The first-order chi connectivity index (χ1) is 21.9. The monoisotopic (exact) mass is 637 g/mol. The number of aryl methyl sites for hydroxylation is 1. The Morgan fingerprint density at radius 1 is 1.00 bits per heavy atom. The van der Waals surface area contributed by atoms with E-state index in [1.807, 2.05) is 85.8 Å². The number of benzene rings is 4. The van der Waals surface area contributed by atoms with Gasteiger partial charge in [-0.1, -0.05) is 95.7 Å². The number of aromatic nitrogens is 3. The molecule has 0 bridgehead atoms. The Morgan fingerprint density at radius 3 is 2.56 bits per heavy atom. The van der Waals surface area contributed by atoms with Crippen molar-refractivity contribution in [3.8, 4) is 11.5 Å². The fourth-order valence-corrected chi connectivity index (χ4v) is 6.32. The molecule has 1 atom stereocenters. The second-order valence-electron chi connectivity index (χ2n) is 10.6. The normalized spacial score (nSPS) is 14.0. The molecule has 1 aliphatic rings. The molecule has 1 amide bonds. The lowest BCUT2D eigenvalue weighted by Gasteiger charge is -2.29. The molecule has 45 heavy (non-hydrogen) atoms. The first-order valence-electron chi connectivity index (χ1n) is 14.4. The molecule has 0 saturated carbocycles. The van der Waals surface area contributed by atoms with Crippen molar-refractivity contribution >= 4 is 40.9 Å². The van der Waals surface area contributed by atoms with Crippen molar-refractivity contribution in [3.05, 3.63) is 136 Å². The number of anilines is 2. The predicted molar refractivity (Wildman–Crippen MR) is 179 cm³/mol. The minimum atomic E-state index is -0.552. The van der Waals surface area contributed by atoms with Crippen molar-refractivity contribution in [3.63, 3.8) is 0 Å².